The Hall–Kier alpha value is -2.89. The number of ether oxygens (including phenoxy) is 1. The van der Waals surface area contributed by atoms with Gasteiger partial charge >= 0.3 is 5.97 Å². The van der Waals surface area contributed by atoms with Crippen LogP contribution in [0.5, 0.6) is 5.75 Å². The number of carboxylic acid groups (broad SMARTS) is 1. The van der Waals surface area contributed by atoms with Gasteiger partial charge in [0, 0.05) is 12.1 Å². The summed E-state index contributed by atoms with van der Waals surface area (Å²) in [6.45, 7) is 0.130. The van der Waals surface area contributed by atoms with E-state index in [1.165, 1.54) is 24.3 Å². The predicted octanol–water partition coefficient (Wildman–Crippen LogP) is 2.87. The molecule has 6 heteroatoms. The van der Waals surface area contributed by atoms with E-state index in [1.807, 2.05) is 0 Å². The number of hydrogen-bond donors (Lipinski definition) is 1. The van der Waals surface area contributed by atoms with Crippen LogP contribution in [0, 0.1) is 10.1 Å². The number of carbonyl (C=O) groups is 1. The molecule has 1 N–H and O–H groups in total. The van der Waals surface area contributed by atoms with Crippen LogP contribution in [0.1, 0.15) is 15.9 Å². The molecule has 0 bridgehead atoms. The molecule has 0 saturated heterocycles. The largest absolute Gasteiger partial charge is 0.489 e. The fraction of sp³-hybridized carbons (Fsp3) is 0.0714. The van der Waals surface area contributed by atoms with Gasteiger partial charge in [-0.05, 0) is 23.8 Å². The van der Waals surface area contributed by atoms with Crippen molar-refractivity contribution in [3.63, 3.8) is 0 Å². The van der Waals surface area contributed by atoms with Gasteiger partial charge in [0.2, 0.25) is 0 Å². The normalized spacial score (nSPS) is 10.0. The molecule has 6 nitrogen and oxygen atoms in total. The third kappa shape index (κ3) is 3.32. The molecule has 20 heavy (non-hydrogen) atoms. The Bertz CT molecular complexity index is 596. The average Bonchev–Trinajstić information content (AvgIpc) is 2.45. The molecule has 2 aromatic rings. The second-order valence-electron chi connectivity index (χ2n) is 4.05. The van der Waals surface area contributed by atoms with Gasteiger partial charge in [0.1, 0.15) is 12.4 Å². The summed E-state index contributed by atoms with van der Waals surface area (Å²) in [5, 5.41) is 19.5. The summed E-state index contributed by atoms with van der Waals surface area (Å²) >= 11 is 0. The van der Waals surface area contributed by atoms with Gasteiger partial charge in [0.25, 0.3) is 5.69 Å². The second-order valence-corrected chi connectivity index (χ2v) is 4.05. The van der Waals surface area contributed by atoms with Crippen molar-refractivity contribution in [2.45, 2.75) is 6.61 Å². The molecule has 0 unspecified atom stereocenters. The van der Waals surface area contributed by atoms with Crippen LogP contribution in [-0.2, 0) is 6.61 Å². The lowest BCUT2D eigenvalue weighted by atomic mass is 10.2. The van der Waals surface area contributed by atoms with Crippen molar-refractivity contribution < 1.29 is 19.6 Å². The van der Waals surface area contributed by atoms with E-state index in [4.69, 9.17) is 9.84 Å². The molecule has 102 valence electrons. The number of non-ortho nitro benzene ring substituents is 1. The van der Waals surface area contributed by atoms with Crippen LogP contribution in [0.25, 0.3) is 0 Å². The van der Waals surface area contributed by atoms with Crippen molar-refractivity contribution in [2.24, 2.45) is 0 Å². The Morgan fingerprint density at radius 2 is 1.95 bits per heavy atom. The lowest BCUT2D eigenvalue weighted by molar-refractivity contribution is -0.384. The molecule has 0 aliphatic carbocycles. The molecule has 0 heterocycles. The monoisotopic (exact) mass is 273 g/mol. The van der Waals surface area contributed by atoms with Crippen LogP contribution < -0.4 is 4.74 Å². The maximum Gasteiger partial charge on any atom is 0.335 e. The standard InChI is InChI=1S/C14H11NO5/c16-14(17)11-4-2-6-13(8-11)20-9-10-3-1-5-12(7-10)15(18)19/h1-8H,9H2,(H,16,17). The average molecular weight is 273 g/mol. The smallest absolute Gasteiger partial charge is 0.335 e. The molecular weight excluding hydrogens is 262 g/mol. The van der Waals surface area contributed by atoms with Gasteiger partial charge < -0.3 is 9.84 Å². The van der Waals surface area contributed by atoms with Crippen molar-refractivity contribution in [1.29, 1.82) is 0 Å². The van der Waals surface area contributed by atoms with Crippen LogP contribution >= 0.6 is 0 Å². The van der Waals surface area contributed by atoms with E-state index in [0.29, 0.717) is 11.3 Å². The maximum absolute atomic E-state index is 10.8. The van der Waals surface area contributed by atoms with Crippen molar-refractivity contribution in [3.05, 3.63) is 69.8 Å². The van der Waals surface area contributed by atoms with E-state index < -0.39 is 10.9 Å². The highest BCUT2D eigenvalue weighted by molar-refractivity contribution is 5.87. The molecule has 0 radical (unpaired) electrons. The van der Waals surface area contributed by atoms with Crippen LogP contribution in [0.2, 0.25) is 0 Å². The van der Waals surface area contributed by atoms with Crippen LogP contribution in [-0.4, -0.2) is 16.0 Å². The molecule has 2 rings (SSSR count). The predicted molar refractivity (Wildman–Crippen MR) is 70.8 cm³/mol. The highest BCUT2D eigenvalue weighted by Crippen LogP contribution is 2.17. The SMILES string of the molecule is O=C(O)c1cccc(OCc2cccc([N+](=O)[O-])c2)c1. The van der Waals surface area contributed by atoms with E-state index >= 15 is 0 Å². The minimum Gasteiger partial charge on any atom is -0.489 e. The Balaban J connectivity index is 2.08. The lowest BCUT2D eigenvalue weighted by Gasteiger charge is -2.06. The lowest BCUT2D eigenvalue weighted by Crippen LogP contribution is -1.99. The van der Waals surface area contributed by atoms with Crippen molar-refractivity contribution in [3.8, 4) is 5.75 Å². The fourth-order valence-corrected chi connectivity index (χ4v) is 1.65. The van der Waals surface area contributed by atoms with E-state index in [-0.39, 0.29) is 17.9 Å². The third-order valence-electron chi connectivity index (χ3n) is 2.61. The van der Waals surface area contributed by atoms with E-state index in [2.05, 4.69) is 0 Å². The quantitative estimate of drug-likeness (QED) is 0.668. The number of benzene rings is 2. The number of rotatable bonds is 5. The summed E-state index contributed by atoms with van der Waals surface area (Å²) in [6.07, 6.45) is 0. The summed E-state index contributed by atoms with van der Waals surface area (Å²) in [6, 6.07) is 12.2. The van der Waals surface area contributed by atoms with Crippen molar-refractivity contribution in [1.82, 2.24) is 0 Å². The van der Waals surface area contributed by atoms with Crippen molar-refractivity contribution in [2.75, 3.05) is 0 Å². The van der Waals surface area contributed by atoms with E-state index in [9.17, 15) is 14.9 Å². The zero-order valence-corrected chi connectivity index (χ0v) is 10.4. The third-order valence-corrected chi connectivity index (χ3v) is 2.61. The number of aromatic carboxylic acids is 1. The number of hydrogen-bond acceptors (Lipinski definition) is 4. The van der Waals surface area contributed by atoms with E-state index in [1.54, 1.807) is 24.3 Å². The molecule has 0 saturated carbocycles. The summed E-state index contributed by atoms with van der Waals surface area (Å²) < 4.78 is 5.43. The first-order chi connectivity index (χ1) is 9.56. The summed E-state index contributed by atoms with van der Waals surface area (Å²) in [4.78, 5) is 21.0. The maximum atomic E-state index is 10.8. The summed E-state index contributed by atoms with van der Waals surface area (Å²) in [5.41, 5.74) is 0.756. The molecule has 0 atom stereocenters. The Morgan fingerprint density at radius 1 is 1.20 bits per heavy atom. The van der Waals surface area contributed by atoms with Gasteiger partial charge in [-0.1, -0.05) is 18.2 Å². The number of nitrogens with zero attached hydrogens (tertiary/aromatic N) is 1. The first kappa shape index (κ1) is 13.5. The van der Waals surface area contributed by atoms with Gasteiger partial charge in [0.05, 0.1) is 10.5 Å². The number of carboxylic acids is 1. The van der Waals surface area contributed by atoms with Gasteiger partial charge in [-0.15, -0.1) is 0 Å². The zero-order valence-electron chi connectivity index (χ0n) is 10.4. The summed E-state index contributed by atoms with van der Waals surface area (Å²) in [5.74, 6) is -0.637. The van der Waals surface area contributed by atoms with Gasteiger partial charge in [-0.25, -0.2) is 4.79 Å². The molecule has 2 aromatic carbocycles. The minimum atomic E-state index is -1.04. The highest BCUT2D eigenvalue weighted by Gasteiger charge is 2.07. The minimum absolute atomic E-state index is 0.00890. The first-order valence-electron chi connectivity index (χ1n) is 5.76. The van der Waals surface area contributed by atoms with Crippen LogP contribution in [0.4, 0.5) is 5.69 Å². The summed E-state index contributed by atoms with van der Waals surface area (Å²) in [7, 11) is 0. The molecule has 0 aliphatic heterocycles. The Labute approximate surface area is 114 Å². The van der Waals surface area contributed by atoms with Gasteiger partial charge in [0.15, 0.2) is 0 Å². The Morgan fingerprint density at radius 3 is 2.65 bits per heavy atom. The van der Waals surface area contributed by atoms with Crippen LogP contribution in [0.15, 0.2) is 48.5 Å². The van der Waals surface area contributed by atoms with Gasteiger partial charge in [-0.2, -0.15) is 0 Å². The number of nitro groups is 1. The zero-order chi connectivity index (χ0) is 14.5. The number of nitro benzene ring substituents is 1. The first-order valence-corrected chi connectivity index (χ1v) is 5.76. The topological polar surface area (TPSA) is 89.7 Å². The molecule has 0 aliphatic rings. The van der Waals surface area contributed by atoms with Gasteiger partial charge in [-0.3, -0.25) is 10.1 Å². The molecule has 0 spiro atoms. The molecule has 0 amide bonds. The van der Waals surface area contributed by atoms with E-state index in [0.717, 1.165) is 0 Å². The Kier molecular flexibility index (Phi) is 3.95. The molecule has 0 aromatic heterocycles. The molecule has 0 fully saturated rings. The second kappa shape index (κ2) is 5.83. The molecular formula is C14H11NO5. The van der Waals surface area contributed by atoms with Crippen LogP contribution in [0.3, 0.4) is 0 Å². The fourth-order valence-electron chi connectivity index (χ4n) is 1.65. The van der Waals surface area contributed by atoms with Crippen molar-refractivity contribution >= 4 is 11.7 Å². The highest BCUT2D eigenvalue weighted by atomic mass is 16.6.